The first kappa shape index (κ1) is 15.7. The molecule has 0 radical (unpaired) electrons. The highest BCUT2D eigenvalue weighted by molar-refractivity contribution is 5.78. The Morgan fingerprint density at radius 1 is 1.10 bits per heavy atom. The second-order valence-corrected chi connectivity index (χ2v) is 6.47. The van der Waals surface area contributed by atoms with Crippen LogP contribution in [0.4, 0.5) is 0 Å². The third kappa shape index (κ3) is 3.71. The first-order valence-corrected chi connectivity index (χ1v) is 7.88. The third-order valence-corrected chi connectivity index (χ3v) is 5.22. The molecule has 0 aromatic carbocycles. The Morgan fingerprint density at radius 2 is 1.70 bits per heavy atom. The molecule has 0 aromatic rings. The van der Waals surface area contributed by atoms with E-state index < -0.39 is 0 Å². The highest BCUT2D eigenvalue weighted by Gasteiger charge is 2.33. The van der Waals surface area contributed by atoms with Crippen molar-refractivity contribution in [1.29, 1.82) is 0 Å². The van der Waals surface area contributed by atoms with E-state index in [2.05, 4.69) is 23.8 Å². The molecular formula is C15H29N3O2. The fourth-order valence-electron chi connectivity index (χ4n) is 3.16. The molecule has 0 saturated carbocycles. The Kier molecular flexibility index (Phi) is 5.41. The van der Waals surface area contributed by atoms with Gasteiger partial charge in [-0.15, -0.1) is 0 Å². The highest BCUT2D eigenvalue weighted by Crippen LogP contribution is 2.34. The standard InChI is InChI=1S/C15H29N3O2/c1-3-15(13-19)4-6-17(7-5-15)12-14(20)18-10-8-16(2)9-11-18/h19H,3-13H2,1-2H3. The summed E-state index contributed by atoms with van der Waals surface area (Å²) in [7, 11) is 2.10. The maximum Gasteiger partial charge on any atom is 0.236 e. The fraction of sp³-hybridized carbons (Fsp3) is 0.933. The van der Waals surface area contributed by atoms with Crippen LogP contribution in [-0.2, 0) is 4.79 Å². The van der Waals surface area contributed by atoms with Gasteiger partial charge in [0.05, 0.1) is 6.54 Å². The normalized spacial score (nSPS) is 24.9. The molecule has 116 valence electrons. The number of amides is 1. The second-order valence-electron chi connectivity index (χ2n) is 6.47. The summed E-state index contributed by atoms with van der Waals surface area (Å²) in [6.07, 6.45) is 3.05. The van der Waals surface area contributed by atoms with Gasteiger partial charge in [-0.25, -0.2) is 0 Å². The van der Waals surface area contributed by atoms with Crippen LogP contribution < -0.4 is 0 Å². The topological polar surface area (TPSA) is 47.0 Å². The summed E-state index contributed by atoms with van der Waals surface area (Å²) in [6, 6.07) is 0. The summed E-state index contributed by atoms with van der Waals surface area (Å²) in [6.45, 7) is 8.55. The molecule has 5 nitrogen and oxygen atoms in total. The van der Waals surface area contributed by atoms with Gasteiger partial charge in [-0.05, 0) is 44.8 Å². The zero-order chi connectivity index (χ0) is 14.6. The van der Waals surface area contributed by atoms with Gasteiger partial charge in [-0.3, -0.25) is 9.69 Å². The summed E-state index contributed by atoms with van der Waals surface area (Å²) in [5.74, 6) is 0.270. The SMILES string of the molecule is CCC1(CO)CCN(CC(=O)N2CCN(C)CC2)CC1. The molecule has 0 aromatic heterocycles. The number of aliphatic hydroxyl groups excluding tert-OH is 1. The van der Waals surface area contributed by atoms with Gasteiger partial charge in [0.1, 0.15) is 0 Å². The summed E-state index contributed by atoms with van der Waals surface area (Å²) < 4.78 is 0. The van der Waals surface area contributed by atoms with Crippen molar-refractivity contribution >= 4 is 5.91 Å². The first-order chi connectivity index (χ1) is 9.58. The first-order valence-electron chi connectivity index (χ1n) is 7.88. The van der Waals surface area contributed by atoms with Gasteiger partial charge in [0.15, 0.2) is 0 Å². The maximum absolute atomic E-state index is 12.3. The molecule has 20 heavy (non-hydrogen) atoms. The Labute approximate surface area is 122 Å². The van der Waals surface area contributed by atoms with Crippen LogP contribution in [0.5, 0.6) is 0 Å². The van der Waals surface area contributed by atoms with E-state index in [1.54, 1.807) is 0 Å². The van der Waals surface area contributed by atoms with Crippen LogP contribution in [0.25, 0.3) is 0 Å². The quantitative estimate of drug-likeness (QED) is 0.803. The number of piperidine rings is 1. The van der Waals surface area contributed by atoms with Gasteiger partial charge in [0.25, 0.3) is 0 Å². The number of hydrogen-bond donors (Lipinski definition) is 1. The molecule has 2 fully saturated rings. The number of rotatable bonds is 4. The average Bonchev–Trinajstić information content (AvgIpc) is 2.49. The number of aliphatic hydroxyl groups is 1. The lowest BCUT2D eigenvalue weighted by atomic mass is 9.77. The zero-order valence-electron chi connectivity index (χ0n) is 13.0. The summed E-state index contributed by atoms with van der Waals surface area (Å²) in [5, 5.41) is 9.54. The van der Waals surface area contributed by atoms with Gasteiger partial charge in [0.2, 0.25) is 5.91 Å². The van der Waals surface area contributed by atoms with Crippen LogP contribution in [0, 0.1) is 5.41 Å². The number of likely N-dealkylation sites (tertiary alicyclic amines) is 1. The molecule has 0 unspecified atom stereocenters. The van der Waals surface area contributed by atoms with Crippen LogP contribution in [0.1, 0.15) is 26.2 Å². The minimum absolute atomic E-state index is 0.105. The van der Waals surface area contributed by atoms with E-state index in [1.807, 2.05) is 4.90 Å². The van der Waals surface area contributed by atoms with Gasteiger partial charge in [0, 0.05) is 32.8 Å². The monoisotopic (exact) mass is 283 g/mol. The van der Waals surface area contributed by atoms with Crippen LogP contribution in [0.3, 0.4) is 0 Å². The average molecular weight is 283 g/mol. The summed E-state index contributed by atoms with van der Waals surface area (Å²) >= 11 is 0. The predicted octanol–water partition coefficient (Wildman–Crippen LogP) is 0.245. The van der Waals surface area contributed by atoms with E-state index in [0.717, 1.165) is 58.5 Å². The Bertz CT molecular complexity index is 313. The van der Waals surface area contributed by atoms with E-state index >= 15 is 0 Å². The van der Waals surface area contributed by atoms with Crippen molar-refractivity contribution in [3.8, 4) is 0 Å². The van der Waals surface area contributed by atoms with Gasteiger partial charge >= 0.3 is 0 Å². The number of carbonyl (C=O) groups is 1. The van der Waals surface area contributed by atoms with E-state index in [4.69, 9.17) is 0 Å². The zero-order valence-corrected chi connectivity index (χ0v) is 13.0. The molecule has 1 amide bonds. The van der Waals surface area contributed by atoms with Crippen molar-refractivity contribution in [2.45, 2.75) is 26.2 Å². The molecule has 2 aliphatic rings. The van der Waals surface area contributed by atoms with Crippen LogP contribution in [0.2, 0.25) is 0 Å². The Morgan fingerprint density at radius 3 is 2.20 bits per heavy atom. The minimum atomic E-state index is 0.105. The van der Waals surface area contributed by atoms with Gasteiger partial charge in [-0.2, -0.15) is 0 Å². The minimum Gasteiger partial charge on any atom is -0.396 e. The number of carbonyl (C=O) groups excluding carboxylic acids is 1. The molecule has 0 spiro atoms. The molecule has 2 heterocycles. The second kappa shape index (κ2) is 6.87. The Hall–Kier alpha value is -0.650. The van der Waals surface area contributed by atoms with E-state index in [0.29, 0.717) is 6.54 Å². The van der Waals surface area contributed by atoms with Gasteiger partial charge < -0.3 is 14.9 Å². The fourth-order valence-corrected chi connectivity index (χ4v) is 3.16. The number of nitrogens with zero attached hydrogens (tertiary/aromatic N) is 3. The number of likely N-dealkylation sites (N-methyl/N-ethyl adjacent to an activating group) is 1. The molecular weight excluding hydrogens is 254 g/mol. The van der Waals surface area contributed by atoms with Crippen molar-refractivity contribution in [3.05, 3.63) is 0 Å². The van der Waals surface area contributed by atoms with E-state index in [9.17, 15) is 9.90 Å². The van der Waals surface area contributed by atoms with Crippen molar-refractivity contribution in [2.24, 2.45) is 5.41 Å². The highest BCUT2D eigenvalue weighted by atomic mass is 16.3. The molecule has 0 atom stereocenters. The smallest absolute Gasteiger partial charge is 0.236 e. The summed E-state index contributed by atoms with van der Waals surface area (Å²) in [5.41, 5.74) is 0.105. The number of hydrogen-bond acceptors (Lipinski definition) is 4. The molecule has 0 aliphatic carbocycles. The van der Waals surface area contributed by atoms with E-state index in [-0.39, 0.29) is 17.9 Å². The van der Waals surface area contributed by atoms with Crippen LogP contribution >= 0.6 is 0 Å². The lowest BCUT2D eigenvalue weighted by molar-refractivity contribution is -0.134. The lowest BCUT2D eigenvalue weighted by Crippen LogP contribution is -2.51. The molecule has 5 heteroatoms. The molecule has 2 aliphatic heterocycles. The van der Waals surface area contributed by atoms with E-state index in [1.165, 1.54) is 0 Å². The largest absolute Gasteiger partial charge is 0.396 e. The van der Waals surface area contributed by atoms with Crippen molar-refractivity contribution < 1.29 is 9.90 Å². The van der Waals surface area contributed by atoms with Crippen molar-refractivity contribution in [2.75, 3.05) is 59.5 Å². The number of piperazine rings is 1. The van der Waals surface area contributed by atoms with Crippen LogP contribution in [-0.4, -0.2) is 85.2 Å². The van der Waals surface area contributed by atoms with Crippen molar-refractivity contribution in [1.82, 2.24) is 14.7 Å². The predicted molar refractivity (Wildman–Crippen MR) is 79.6 cm³/mol. The molecule has 2 rings (SSSR count). The summed E-state index contributed by atoms with van der Waals surface area (Å²) in [4.78, 5) is 18.8. The molecule has 2 saturated heterocycles. The van der Waals surface area contributed by atoms with Crippen molar-refractivity contribution in [3.63, 3.8) is 0 Å². The van der Waals surface area contributed by atoms with Gasteiger partial charge in [-0.1, -0.05) is 6.92 Å². The molecule has 0 bridgehead atoms. The third-order valence-electron chi connectivity index (χ3n) is 5.22. The van der Waals surface area contributed by atoms with Crippen LogP contribution in [0.15, 0.2) is 0 Å². The maximum atomic E-state index is 12.3. The lowest BCUT2D eigenvalue weighted by Gasteiger charge is -2.41. The Balaban J connectivity index is 1.76. The molecule has 1 N–H and O–H groups in total.